The first kappa shape index (κ1) is 17.2. The van der Waals surface area contributed by atoms with Gasteiger partial charge in [-0.05, 0) is 61.4 Å². The van der Waals surface area contributed by atoms with Gasteiger partial charge in [-0.3, -0.25) is 9.78 Å². The Morgan fingerprint density at radius 1 is 0.962 bits per heavy atom. The number of amides is 1. The van der Waals surface area contributed by atoms with Crippen molar-refractivity contribution in [3.8, 4) is 6.07 Å². The van der Waals surface area contributed by atoms with Gasteiger partial charge in [0.2, 0.25) is 0 Å². The van der Waals surface area contributed by atoms with Crippen LogP contribution in [0.5, 0.6) is 0 Å². The van der Waals surface area contributed by atoms with Crippen LogP contribution in [0.25, 0.3) is 0 Å². The number of hydrogen-bond donors (Lipinski definition) is 2. The SMILES string of the molecule is Cc1cc(C)cc(Nc2cncc(C(=O)Nc3cccc(C#N)c3)c2)c1. The Hall–Kier alpha value is -3.65. The predicted molar refractivity (Wildman–Crippen MR) is 103 cm³/mol. The maximum Gasteiger partial charge on any atom is 0.257 e. The van der Waals surface area contributed by atoms with E-state index in [4.69, 9.17) is 5.26 Å². The van der Waals surface area contributed by atoms with E-state index >= 15 is 0 Å². The van der Waals surface area contributed by atoms with Gasteiger partial charge in [-0.1, -0.05) is 12.1 Å². The van der Waals surface area contributed by atoms with Gasteiger partial charge in [-0.2, -0.15) is 5.26 Å². The van der Waals surface area contributed by atoms with Crippen molar-refractivity contribution in [2.24, 2.45) is 0 Å². The molecule has 0 radical (unpaired) electrons. The molecule has 0 fully saturated rings. The Morgan fingerprint density at radius 3 is 2.46 bits per heavy atom. The summed E-state index contributed by atoms with van der Waals surface area (Å²) in [5.74, 6) is -0.281. The van der Waals surface area contributed by atoms with E-state index in [9.17, 15) is 4.79 Å². The van der Waals surface area contributed by atoms with Crippen LogP contribution in [-0.4, -0.2) is 10.9 Å². The van der Waals surface area contributed by atoms with E-state index in [1.54, 1.807) is 36.5 Å². The van der Waals surface area contributed by atoms with Gasteiger partial charge in [-0.15, -0.1) is 0 Å². The van der Waals surface area contributed by atoms with E-state index in [0.717, 1.165) is 22.5 Å². The van der Waals surface area contributed by atoms with Crippen molar-refractivity contribution in [3.05, 3.63) is 83.2 Å². The number of benzene rings is 2. The molecule has 1 heterocycles. The first-order valence-electron chi connectivity index (χ1n) is 8.15. The van der Waals surface area contributed by atoms with Gasteiger partial charge < -0.3 is 10.6 Å². The molecule has 1 aromatic heterocycles. The van der Waals surface area contributed by atoms with Gasteiger partial charge in [0.1, 0.15) is 0 Å². The lowest BCUT2D eigenvalue weighted by molar-refractivity contribution is 0.102. The molecular weight excluding hydrogens is 324 g/mol. The molecule has 0 aliphatic rings. The Bertz CT molecular complexity index is 985. The molecule has 3 rings (SSSR count). The molecule has 2 N–H and O–H groups in total. The molecule has 0 aliphatic carbocycles. The number of nitrogens with one attached hydrogen (secondary N) is 2. The molecule has 0 atom stereocenters. The van der Waals surface area contributed by atoms with Crippen LogP contribution in [-0.2, 0) is 0 Å². The van der Waals surface area contributed by atoms with Crippen LogP contribution < -0.4 is 10.6 Å². The standard InChI is InChI=1S/C21H18N4O/c1-14-6-15(2)8-19(7-14)24-20-10-17(12-23-13-20)21(26)25-18-5-3-4-16(9-18)11-22/h3-10,12-13,24H,1-2H3,(H,25,26). The Morgan fingerprint density at radius 2 is 1.73 bits per heavy atom. The van der Waals surface area contributed by atoms with Crippen LogP contribution in [0.1, 0.15) is 27.0 Å². The number of anilines is 3. The molecule has 5 nitrogen and oxygen atoms in total. The third-order valence-corrected chi connectivity index (χ3v) is 3.76. The van der Waals surface area contributed by atoms with Gasteiger partial charge >= 0.3 is 0 Å². The lowest BCUT2D eigenvalue weighted by Crippen LogP contribution is -2.12. The number of hydrogen-bond acceptors (Lipinski definition) is 4. The molecule has 0 bridgehead atoms. The number of pyridine rings is 1. The van der Waals surface area contributed by atoms with Crippen LogP contribution in [0.15, 0.2) is 60.9 Å². The number of carbonyl (C=O) groups excluding carboxylic acids is 1. The summed E-state index contributed by atoms with van der Waals surface area (Å²) in [7, 11) is 0. The van der Waals surface area contributed by atoms with Crippen molar-refractivity contribution in [3.63, 3.8) is 0 Å². The fourth-order valence-electron chi connectivity index (χ4n) is 2.72. The third-order valence-electron chi connectivity index (χ3n) is 3.76. The monoisotopic (exact) mass is 342 g/mol. The summed E-state index contributed by atoms with van der Waals surface area (Å²) in [5.41, 5.74) is 5.49. The summed E-state index contributed by atoms with van der Waals surface area (Å²) in [5, 5.41) is 15.0. The normalized spacial score (nSPS) is 10.0. The van der Waals surface area contributed by atoms with E-state index in [1.807, 2.05) is 26.0 Å². The van der Waals surface area contributed by atoms with Crippen molar-refractivity contribution >= 4 is 23.0 Å². The summed E-state index contributed by atoms with van der Waals surface area (Å²) in [6.45, 7) is 4.07. The lowest BCUT2D eigenvalue weighted by atomic mass is 10.1. The Labute approximate surface area is 152 Å². The average Bonchev–Trinajstić information content (AvgIpc) is 2.61. The van der Waals surface area contributed by atoms with Crippen molar-refractivity contribution in [2.75, 3.05) is 10.6 Å². The highest BCUT2D eigenvalue weighted by molar-refractivity contribution is 6.04. The number of rotatable bonds is 4. The number of carbonyl (C=O) groups is 1. The maximum atomic E-state index is 12.5. The molecule has 0 unspecified atom stereocenters. The van der Waals surface area contributed by atoms with Crippen molar-refractivity contribution in [2.45, 2.75) is 13.8 Å². The first-order chi connectivity index (χ1) is 12.5. The molecule has 0 aliphatic heterocycles. The minimum absolute atomic E-state index is 0.281. The summed E-state index contributed by atoms with van der Waals surface area (Å²) in [6, 6.07) is 16.7. The smallest absolute Gasteiger partial charge is 0.257 e. The summed E-state index contributed by atoms with van der Waals surface area (Å²) < 4.78 is 0. The van der Waals surface area contributed by atoms with Crippen LogP contribution in [0, 0.1) is 25.2 Å². The number of aromatic nitrogens is 1. The third kappa shape index (κ3) is 4.25. The second kappa shape index (κ2) is 7.49. The van der Waals surface area contributed by atoms with E-state index < -0.39 is 0 Å². The van der Waals surface area contributed by atoms with Crippen LogP contribution >= 0.6 is 0 Å². The largest absolute Gasteiger partial charge is 0.354 e. The molecule has 0 saturated carbocycles. The Kier molecular flexibility index (Phi) is 4.95. The fraction of sp³-hybridized carbons (Fsp3) is 0.0952. The zero-order valence-corrected chi connectivity index (χ0v) is 14.6. The topological polar surface area (TPSA) is 77.8 Å². The highest BCUT2D eigenvalue weighted by Crippen LogP contribution is 2.20. The lowest BCUT2D eigenvalue weighted by Gasteiger charge is -2.10. The van der Waals surface area contributed by atoms with Crippen molar-refractivity contribution in [1.29, 1.82) is 5.26 Å². The van der Waals surface area contributed by atoms with Crippen molar-refractivity contribution in [1.82, 2.24) is 4.98 Å². The second-order valence-electron chi connectivity index (χ2n) is 6.11. The van der Waals surface area contributed by atoms with Crippen LogP contribution in [0.3, 0.4) is 0 Å². The molecular formula is C21H18N4O. The van der Waals surface area contributed by atoms with Gasteiger partial charge in [-0.25, -0.2) is 0 Å². The molecule has 2 aromatic carbocycles. The van der Waals surface area contributed by atoms with Crippen LogP contribution in [0.4, 0.5) is 17.1 Å². The summed E-state index contributed by atoms with van der Waals surface area (Å²) in [4.78, 5) is 16.6. The van der Waals surface area contributed by atoms with Gasteiger partial charge in [0, 0.05) is 17.6 Å². The number of nitrogens with zero attached hydrogens (tertiary/aromatic N) is 2. The molecule has 3 aromatic rings. The minimum atomic E-state index is -0.281. The highest BCUT2D eigenvalue weighted by Gasteiger charge is 2.08. The number of nitriles is 1. The quantitative estimate of drug-likeness (QED) is 0.728. The van der Waals surface area contributed by atoms with Crippen molar-refractivity contribution < 1.29 is 4.79 Å². The van der Waals surface area contributed by atoms with Gasteiger partial charge in [0.05, 0.1) is 29.1 Å². The zero-order chi connectivity index (χ0) is 18.5. The van der Waals surface area contributed by atoms with Crippen LogP contribution in [0.2, 0.25) is 0 Å². The predicted octanol–water partition coefficient (Wildman–Crippen LogP) is 4.57. The highest BCUT2D eigenvalue weighted by atomic mass is 16.1. The molecule has 0 spiro atoms. The second-order valence-corrected chi connectivity index (χ2v) is 6.11. The molecule has 5 heteroatoms. The van der Waals surface area contributed by atoms with E-state index in [0.29, 0.717) is 16.8 Å². The van der Waals surface area contributed by atoms with E-state index in [-0.39, 0.29) is 5.91 Å². The molecule has 1 amide bonds. The summed E-state index contributed by atoms with van der Waals surface area (Å²) >= 11 is 0. The first-order valence-corrected chi connectivity index (χ1v) is 8.15. The van der Waals surface area contributed by atoms with Gasteiger partial charge in [0.15, 0.2) is 0 Å². The maximum absolute atomic E-state index is 12.5. The Balaban J connectivity index is 1.78. The molecule has 0 saturated heterocycles. The van der Waals surface area contributed by atoms with Gasteiger partial charge in [0.25, 0.3) is 5.91 Å². The summed E-state index contributed by atoms with van der Waals surface area (Å²) in [6.07, 6.45) is 3.18. The zero-order valence-electron chi connectivity index (χ0n) is 14.6. The average molecular weight is 342 g/mol. The molecule has 128 valence electrons. The number of aryl methyl sites for hydroxylation is 2. The molecule has 26 heavy (non-hydrogen) atoms. The van der Waals surface area contributed by atoms with E-state index in [1.165, 1.54) is 6.20 Å². The van der Waals surface area contributed by atoms with E-state index in [2.05, 4.69) is 27.8 Å². The minimum Gasteiger partial charge on any atom is -0.354 e. The fourth-order valence-corrected chi connectivity index (χ4v) is 2.72.